The fraction of sp³-hybridized carbons (Fsp3) is 0.321. The first-order chi connectivity index (χ1) is 17.1. The van der Waals surface area contributed by atoms with Gasteiger partial charge in [-0.3, -0.25) is 4.90 Å². The van der Waals surface area contributed by atoms with Crippen LogP contribution in [-0.2, 0) is 22.7 Å². The molecule has 1 aliphatic rings. The molecule has 0 saturated heterocycles. The van der Waals surface area contributed by atoms with Crippen molar-refractivity contribution in [2.75, 3.05) is 26.8 Å². The quantitative estimate of drug-likeness (QED) is 0.387. The summed E-state index contributed by atoms with van der Waals surface area (Å²) in [5, 5.41) is 15.7. The second kappa shape index (κ2) is 12.7. The number of methoxy groups -OCH3 is 1. The van der Waals surface area contributed by atoms with E-state index >= 15 is 0 Å². The molecule has 1 heterocycles. The van der Waals surface area contributed by atoms with Gasteiger partial charge in [-0.05, 0) is 41.0 Å². The third-order valence-corrected chi connectivity index (χ3v) is 6.06. The van der Waals surface area contributed by atoms with E-state index in [-0.39, 0.29) is 12.7 Å². The second-order valence-electron chi connectivity index (χ2n) is 8.68. The molecule has 3 aromatic rings. The van der Waals surface area contributed by atoms with Crippen molar-refractivity contribution < 1.29 is 19.4 Å². The van der Waals surface area contributed by atoms with E-state index in [0.717, 1.165) is 28.2 Å². The van der Waals surface area contributed by atoms with Crippen molar-refractivity contribution in [3.63, 3.8) is 0 Å². The molecule has 0 unspecified atom stereocenters. The Morgan fingerprint density at radius 2 is 1.83 bits per heavy atom. The van der Waals surface area contributed by atoms with Gasteiger partial charge in [0, 0.05) is 31.1 Å². The van der Waals surface area contributed by atoms with Gasteiger partial charge in [0.1, 0.15) is 11.9 Å². The van der Waals surface area contributed by atoms with Crippen LogP contribution in [0.1, 0.15) is 23.1 Å². The fourth-order valence-corrected chi connectivity index (χ4v) is 4.22. The molecule has 7 heteroatoms. The molecule has 4 rings (SSSR count). The highest BCUT2D eigenvalue weighted by molar-refractivity contribution is 6.30. The maximum atomic E-state index is 10.7. The number of ether oxygens (including phenoxy) is 2. The Balaban J connectivity index is 1.35. The lowest BCUT2D eigenvalue weighted by molar-refractivity contribution is -0.00649. The van der Waals surface area contributed by atoms with Crippen LogP contribution in [0.15, 0.2) is 84.0 Å². The highest BCUT2D eigenvalue weighted by Gasteiger charge is 2.26. The summed E-state index contributed by atoms with van der Waals surface area (Å²) in [6.07, 6.45) is -0.0530. The van der Waals surface area contributed by atoms with Crippen LogP contribution in [-0.4, -0.2) is 54.7 Å². The number of aliphatic hydroxyl groups excluding tert-OH is 1. The van der Waals surface area contributed by atoms with Crippen LogP contribution < -0.4 is 4.74 Å². The Morgan fingerprint density at radius 1 is 1.06 bits per heavy atom. The minimum atomic E-state index is -0.637. The first-order valence-electron chi connectivity index (χ1n) is 11.7. The number of hydrogen-bond donors (Lipinski definition) is 1. The van der Waals surface area contributed by atoms with Crippen LogP contribution in [0.3, 0.4) is 0 Å². The normalized spacial score (nSPS) is 16.1. The van der Waals surface area contributed by atoms with E-state index in [1.807, 2.05) is 72.8 Å². The van der Waals surface area contributed by atoms with E-state index in [4.69, 9.17) is 25.9 Å². The van der Waals surface area contributed by atoms with Gasteiger partial charge in [0.15, 0.2) is 0 Å². The maximum Gasteiger partial charge on any atom is 0.145 e. The Hall–Kier alpha value is -2.90. The summed E-state index contributed by atoms with van der Waals surface area (Å²) < 4.78 is 11.1. The smallest absolute Gasteiger partial charge is 0.145 e. The Morgan fingerprint density at radius 3 is 2.60 bits per heavy atom. The molecule has 0 spiro atoms. The van der Waals surface area contributed by atoms with Crippen molar-refractivity contribution >= 4 is 17.3 Å². The predicted octanol–water partition coefficient (Wildman–Crippen LogP) is 4.92. The number of halogens is 1. The molecule has 0 aromatic heterocycles. The van der Waals surface area contributed by atoms with E-state index in [9.17, 15) is 5.11 Å². The third kappa shape index (κ3) is 7.80. The molecule has 0 aliphatic carbocycles. The lowest BCUT2D eigenvalue weighted by Gasteiger charge is -2.27. The molecule has 6 nitrogen and oxygen atoms in total. The van der Waals surface area contributed by atoms with E-state index < -0.39 is 6.10 Å². The van der Waals surface area contributed by atoms with Crippen LogP contribution in [0.5, 0.6) is 5.75 Å². The summed E-state index contributed by atoms with van der Waals surface area (Å²) in [6.45, 7) is 2.43. The van der Waals surface area contributed by atoms with Gasteiger partial charge in [0.25, 0.3) is 0 Å². The first-order valence-corrected chi connectivity index (χ1v) is 12.1. The summed E-state index contributed by atoms with van der Waals surface area (Å²) in [7, 11) is 1.66. The van der Waals surface area contributed by atoms with E-state index in [2.05, 4.69) is 16.1 Å². The standard InChI is InChI=1S/C28H31ClN2O4/c1-33-26-9-5-8-22(14-26)16-31(17-25(32)20-34-19-21-6-3-2-4-7-21)18-27-15-28(30-35-27)23-10-12-24(29)13-11-23/h2-14,25,27,32H,15-20H2,1H3/t25-,27-/m0/s1. The minimum absolute atomic E-state index is 0.108. The van der Waals surface area contributed by atoms with Crippen molar-refractivity contribution in [1.82, 2.24) is 4.90 Å². The number of hydrogen-bond acceptors (Lipinski definition) is 6. The Kier molecular flexibility index (Phi) is 9.15. The summed E-state index contributed by atoms with van der Waals surface area (Å²) in [6, 6.07) is 25.5. The number of nitrogens with zero attached hydrogens (tertiary/aromatic N) is 2. The lowest BCUT2D eigenvalue weighted by atomic mass is 10.0. The molecular weight excluding hydrogens is 464 g/mol. The van der Waals surface area contributed by atoms with Gasteiger partial charge in [-0.2, -0.15) is 0 Å². The summed E-state index contributed by atoms with van der Waals surface area (Å²) in [4.78, 5) is 7.94. The van der Waals surface area contributed by atoms with Crippen molar-refractivity contribution in [2.45, 2.75) is 31.8 Å². The van der Waals surface area contributed by atoms with E-state index in [1.165, 1.54) is 0 Å². The zero-order valence-electron chi connectivity index (χ0n) is 19.8. The SMILES string of the molecule is COc1cccc(CN(C[C@H](O)COCc2ccccc2)C[C@@H]2CC(c3ccc(Cl)cc3)=NO2)c1. The van der Waals surface area contributed by atoms with Crippen molar-refractivity contribution in [1.29, 1.82) is 0 Å². The summed E-state index contributed by atoms with van der Waals surface area (Å²) in [5.74, 6) is 0.805. The average Bonchev–Trinajstić information content (AvgIpc) is 3.33. The summed E-state index contributed by atoms with van der Waals surface area (Å²) in [5.41, 5.74) is 4.09. The highest BCUT2D eigenvalue weighted by atomic mass is 35.5. The number of rotatable bonds is 12. The Bertz CT molecular complexity index is 1090. The molecular formula is C28H31ClN2O4. The molecule has 1 N–H and O–H groups in total. The highest BCUT2D eigenvalue weighted by Crippen LogP contribution is 2.21. The molecule has 0 amide bonds. The number of benzene rings is 3. The van der Waals surface area contributed by atoms with Gasteiger partial charge in [-0.25, -0.2) is 0 Å². The van der Waals surface area contributed by atoms with E-state index in [1.54, 1.807) is 7.11 Å². The van der Waals surface area contributed by atoms with Gasteiger partial charge >= 0.3 is 0 Å². The Labute approximate surface area is 211 Å². The number of aliphatic hydroxyl groups is 1. The second-order valence-corrected chi connectivity index (χ2v) is 9.11. The monoisotopic (exact) mass is 494 g/mol. The summed E-state index contributed by atoms with van der Waals surface area (Å²) >= 11 is 6.01. The van der Waals surface area contributed by atoms with Crippen LogP contribution >= 0.6 is 11.6 Å². The zero-order chi connectivity index (χ0) is 24.5. The van der Waals surface area contributed by atoms with Crippen LogP contribution in [0, 0.1) is 0 Å². The first kappa shape index (κ1) is 25.2. The van der Waals surface area contributed by atoms with Gasteiger partial charge in [0.05, 0.1) is 32.1 Å². The molecule has 1 aliphatic heterocycles. The van der Waals surface area contributed by atoms with Gasteiger partial charge in [-0.1, -0.05) is 71.4 Å². The van der Waals surface area contributed by atoms with Crippen LogP contribution in [0.4, 0.5) is 0 Å². The fourth-order valence-electron chi connectivity index (χ4n) is 4.10. The molecule has 3 aromatic carbocycles. The minimum Gasteiger partial charge on any atom is -0.497 e. The molecule has 0 fully saturated rings. The molecule has 2 atom stereocenters. The molecule has 35 heavy (non-hydrogen) atoms. The van der Waals surface area contributed by atoms with Crippen molar-refractivity contribution in [2.24, 2.45) is 5.16 Å². The topological polar surface area (TPSA) is 63.5 Å². The maximum absolute atomic E-state index is 10.7. The van der Waals surface area contributed by atoms with Gasteiger partial charge in [0.2, 0.25) is 0 Å². The predicted molar refractivity (Wildman–Crippen MR) is 138 cm³/mol. The molecule has 0 radical (unpaired) electrons. The lowest BCUT2D eigenvalue weighted by Crippen LogP contribution is -2.39. The van der Waals surface area contributed by atoms with Crippen molar-refractivity contribution in [3.8, 4) is 5.75 Å². The van der Waals surface area contributed by atoms with Gasteiger partial charge < -0.3 is 19.4 Å². The number of oxime groups is 1. The van der Waals surface area contributed by atoms with Gasteiger partial charge in [-0.15, -0.1) is 0 Å². The van der Waals surface area contributed by atoms with E-state index in [0.29, 0.717) is 37.7 Å². The third-order valence-electron chi connectivity index (χ3n) is 5.80. The zero-order valence-corrected chi connectivity index (χ0v) is 20.6. The van der Waals surface area contributed by atoms with Crippen molar-refractivity contribution in [3.05, 3.63) is 101 Å². The van der Waals surface area contributed by atoms with Crippen LogP contribution in [0.25, 0.3) is 0 Å². The molecule has 0 saturated carbocycles. The molecule has 0 bridgehead atoms. The average molecular weight is 495 g/mol. The molecule has 184 valence electrons. The largest absolute Gasteiger partial charge is 0.497 e. The van der Waals surface area contributed by atoms with Crippen LogP contribution in [0.2, 0.25) is 5.02 Å².